The Kier molecular flexibility index (Phi) is 1040. The van der Waals surface area contributed by atoms with Gasteiger partial charge in [0.25, 0.3) is 6.79 Å². The van der Waals surface area contributed by atoms with E-state index in [1.165, 1.54) is 0 Å². The molecule has 0 aromatic carbocycles. The van der Waals surface area contributed by atoms with Crippen LogP contribution in [0.1, 0.15) is 0 Å². The van der Waals surface area contributed by atoms with Crippen molar-refractivity contribution in [3.63, 3.8) is 0 Å². The van der Waals surface area contributed by atoms with Crippen molar-refractivity contribution in [1.82, 2.24) is 6.15 Å². The second kappa shape index (κ2) is 155. The van der Waals surface area contributed by atoms with E-state index in [1.807, 2.05) is 0 Å². The van der Waals surface area contributed by atoms with Gasteiger partial charge in [-0.1, -0.05) is 0 Å². The van der Waals surface area contributed by atoms with E-state index in [2.05, 4.69) is 6.79 Å². The Balaban J connectivity index is -0.00000000500. The molecule has 0 heterocycles. The van der Waals surface area contributed by atoms with Crippen LogP contribution in [0, 0.1) is 0 Å². The predicted octanol–water partition coefficient (Wildman–Crippen LogP) is -0.880. The third kappa shape index (κ3) is 35.7. The first-order valence-corrected chi connectivity index (χ1v) is 0.204. The first-order chi connectivity index (χ1) is 1.00. The minimum atomic E-state index is 0. The molecule has 5 radical (unpaired) electrons. The minimum absolute atomic E-state index is 0. The Morgan fingerprint density at radius 3 is 1.25 bits per heavy atom. The Labute approximate surface area is 40.0 Å². The molecular weight excluding hydrogens is 89.9 g/mol. The van der Waals surface area contributed by atoms with E-state index < -0.39 is 0 Å². The molecule has 0 atom stereocenters. The first kappa shape index (κ1) is 26.9. The molecule has 19 valence electrons. The zero-order chi connectivity index (χ0) is 2.00. The van der Waals surface area contributed by atoms with E-state index in [4.69, 9.17) is 4.79 Å². The molecule has 3 heteroatoms. The van der Waals surface area contributed by atoms with Gasteiger partial charge in [0.05, 0.1) is 0 Å². The molecule has 0 unspecified atom stereocenters. The van der Waals surface area contributed by atoms with Crippen molar-refractivity contribution < 1.29 is 26.5 Å². The SMILES string of the molecule is [C]=O.[N].[Ti]. The second-order valence-electron chi connectivity index (χ2n) is 0. The summed E-state index contributed by atoms with van der Waals surface area (Å²) >= 11 is 0. The van der Waals surface area contributed by atoms with Gasteiger partial charge in [-0.05, 0) is 0 Å². The van der Waals surface area contributed by atoms with E-state index in [0.717, 1.165) is 0 Å². The largest absolute Gasteiger partial charge is 0.281 e. The van der Waals surface area contributed by atoms with Gasteiger partial charge in [0.15, 0.2) is 0 Å². The average molecular weight is 89.9 g/mol. The molecule has 0 aromatic rings. The number of hydrogen-bond acceptors (Lipinski definition) is 1. The van der Waals surface area contributed by atoms with Crippen LogP contribution in [0.4, 0.5) is 0 Å². The van der Waals surface area contributed by atoms with Crippen molar-refractivity contribution in [3.8, 4) is 0 Å². The van der Waals surface area contributed by atoms with Crippen LogP contribution >= 0.6 is 0 Å². The summed E-state index contributed by atoms with van der Waals surface area (Å²) in [4.78, 5) is 7.50. The van der Waals surface area contributed by atoms with Crippen LogP contribution in [-0.4, -0.2) is 6.79 Å². The molecule has 4 heavy (non-hydrogen) atoms. The summed E-state index contributed by atoms with van der Waals surface area (Å²) in [5, 5.41) is 0. The summed E-state index contributed by atoms with van der Waals surface area (Å²) in [6.45, 7) is 4.50. The minimum Gasteiger partial charge on any atom is -0.281 e. The zero-order valence-corrected chi connectivity index (χ0v) is 3.42. The number of carbonyl (C=O) groups excluding carboxylic acids is 1. The third-order valence-electron chi connectivity index (χ3n) is 0. The van der Waals surface area contributed by atoms with Crippen LogP contribution < -0.4 is 6.15 Å². The molecule has 0 aliphatic rings. The smallest absolute Gasteiger partial charge is 0.281 e. The van der Waals surface area contributed by atoms with Crippen molar-refractivity contribution in [3.05, 3.63) is 0 Å². The summed E-state index contributed by atoms with van der Waals surface area (Å²) in [5.74, 6) is 0. The molecule has 0 fully saturated rings. The molecule has 0 aromatic heterocycles. The second-order valence-corrected chi connectivity index (χ2v) is 0. The maximum Gasteiger partial charge on any atom is 0.281 e. The summed E-state index contributed by atoms with van der Waals surface area (Å²) in [6.07, 6.45) is 0. The average Bonchev–Trinajstić information content (AvgIpc) is 1.00. The standard InChI is InChI=1S/CO.N.Ti/c1-2;;. The molecule has 0 spiro atoms. The molecule has 2 nitrogen and oxygen atoms in total. The van der Waals surface area contributed by atoms with Gasteiger partial charge in [-0.3, -0.25) is 4.79 Å². The molecular formula is CNOTi. The van der Waals surface area contributed by atoms with Crippen molar-refractivity contribution >= 4 is 6.79 Å². The van der Waals surface area contributed by atoms with Crippen LogP contribution in [0.3, 0.4) is 0 Å². The van der Waals surface area contributed by atoms with Gasteiger partial charge >= 0.3 is 0 Å². The maximum atomic E-state index is 7.50. The summed E-state index contributed by atoms with van der Waals surface area (Å²) in [6, 6.07) is 0. The van der Waals surface area contributed by atoms with Crippen molar-refractivity contribution in [1.29, 1.82) is 0 Å². The normalized spacial score (nSPS) is 1.00. The van der Waals surface area contributed by atoms with Gasteiger partial charge in [0.2, 0.25) is 0 Å². The third-order valence-corrected chi connectivity index (χ3v) is 0. The fourth-order valence-electron chi connectivity index (χ4n) is 0. The monoisotopic (exact) mass is 89.9 g/mol. The molecule has 0 rings (SSSR count). The summed E-state index contributed by atoms with van der Waals surface area (Å²) in [5.41, 5.74) is 0. The Morgan fingerprint density at radius 2 is 1.25 bits per heavy atom. The maximum absolute atomic E-state index is 7.50. The zero-order valence-electron chi connectivity index (χ0n) is 1.86. The molecule has 0 saturated carbocycles. The van der Waals surface area contributed by atoms with Gasteiger partial charge in [0, 0.05) is 27.9 Å². The Bertz CT molecular complexity index is 8.00. The summed E-state index contributed by atoms with van der Waals surface area (Å²) < 4.78 is 0. The van der Waals surface area contributed by atoms with Crippen molar-refractivity contribution in [2.24, 2.45) is 0 Å². The Hall–Kier alpha value is 0.344. The number of rotatable bonds is 0. The van der Waals surface area contributed by atoms with Crippen LogP contribution in [0.15, 0.2) is 0 Å². The van der Waals surface area contributed by atoms with E-state index in [-0.39, 0.29) is 27.9 Å². The van der Waals surface area contributed by atoms with E-state index in [0.29, 0.717) is 0 Å². The van der Waals surface area contributed by atoms with E-state index in [9.17, 15) is 0 Å². The van der Waals surface area contributed by atoms with Gasteiger partial charge in [-0.25, -0.2) is 0 Å². The van der Waals surface area contributed by atoms with Crippen LogP contribution in [0.25, 0.3) is 0 Å². The quantitative estimate of drug-likeness (QED) is 0.356. The van der Waals surface area contributed by atoms with E-state index in [1.54, 1.807) is 0 Å². The molecule has 0 bridgehead atoms. The van der Waals surface area contributed by atoms with Gasteiger partial charge in [0.1, 0.15) is 0 Å². The molecule has 0 aliphatic heterocycles. The topological polar surface area (TPSA) is 47.6 Å². The van der Waals surface area contributed by atoms with Crippen molar-refractivity contribution in [2.75, 3.05) is 0 Å². The number of hydrogen-bond donors (Lipinski definition) is 0. The molecule has 0 N–H and O–H groups in total. The summed E-state index contributed by atoms with van der Waals surface area (Å²) in [7, 11) is 0. The fourth-order valence-corrected chi connectivity index (χ4v) is 0. The number of nitrogens with zero attached hydrogens (tertiary/aromatic N) is 1. The Morgan fingerprint density at radius 1 is 1.25 bits per heavy atom. The molecule has 0 saturated heterocycles. The predicted molar refractivity (Wildman–Crippen MR) is 7.83 cm³/mol. The first-order valence-electron chi connectivity index (χ1n) is 0.204. The van der Waals surface area contributed by atoms with Gasteiger partial charge in [-0.15, -0.1) is 0 Å². The fraction of sp³-hybridized carbons (Fsp3) is 0. The van der Waals surface area contributed by atoms with Crippen LogP contribution in [0.2, 0.25) is 0 Å². The molecule has 0 amide bonds. The van der Waals surface area contributed by atoms with Crippen LogP contribution in [0.5, 0.6) is 0 Å². The van der Waals surface area contributed by atoms with Crippen LogP contribution in [-0.2, 0) is 26.5 Å². The van der Waals surface area contributed by atoms with Gasteiger partial charge < -0.3 is 0 Å². The van der Waals surface area contributed by atoms with Gasteiger partial charge in [-0.2, -0.15) is 0 Å². The van der Waals surface area contributed by atoms with Crippen molar-refractivity contribution in [2.45, 2.75) is 0 Å². The van der Waals surface area contributed by atoms with E-state index >= 15 is 0 Å². The molecule has 0 aliphatic carbocycles.